The van der Waals surface area contributed by atoms with Gasteiger partial charge in [-0.1, -0.05) is 18.2 Å². The molecule has 2 aromatic carbocycles. The van der Waals surface area contributed by atoms with Crippen molar-refractivity contribution < 1.29 is 8.78 Å². The van der Waals surface area contributed by atoms with Crippen LogP contribution in [0.25, 0.3) is 0 Å². The lowest BCUT2D eigenvalue weighted by atomic mass is 10.1. The van der Waals surface area contributed by atoms with Gasteiger partial charge in [0.2, 0.25) is 0 Å². The Kier molecular flexibility index (Phi) is 4.91. The maximum absolute atomic E-state index is 14.2. The van der Waals surface area contributed by atoms with Crippen molar-refractivity contribution in [2.75, 3.05) is 19.0 Å². The maximum atomic E-state index is 14.2. The van der Waals surface area contributed by atoms with Gasteiger partial charge in [-0.25, -0.2) is 8.78 Å². The molecule has 0 saturated heterocycles. The number of halogens is 2. The third-order valence-corrected chi connectivity index (χ3v) is 3.62. The largest absolute Gasteiger partial charge is 0.368 e. The Morgan fingerprint density at radius 1 is 1.14 bits per heavy atom. The number of hydrogen-bond donors (Lipinski definition) is 1. The molecule has 1 N–H and O–H groups in total. The highest BCUT2D eigenvalue weighted by molar-refractivity contribution is 5.49. The molecule has 1 unspecified atom stereocenters. The molecule has 0 spiro atoms. The zero-order chi connectivity index (χ0) is 15.4. The minimum absolute atomic E-state index is 0.0991. The van der Waals surface area contributed by atoms with Gasteiger partial charge < -0.3 is 10.2 Å². The molecular weight excluding hydrogens is 270 g/mol. The number of nitrogens with zero attached hydrogens (tertiary/aromatic N) is 1. The van der Waals surface area contributed by atoms with E-state index < -0.39 is 0 Å². The molecule has 0 saturated carbocycles. The molecule has 2 nitrogen and oxygen atoms in total. The standard InChI is InChI=1S/C17H20F2N2/c1-12(20-2)14-7-8-17(16(19)10-14)21(3)11-13-5-4-6-15(18)9-13/h4-10,12,20H,11H2,1-3H3. The van der Waals surface area contributed by atoms with Crippen LogP contribution < -0.4 is 10.2 Å². The van der Waals surface area contributed by atoms with Crippen LogP contribution in [0, 0.1) is 11.6 Å². The zero-order valence-electron chi connectivity index (χ0n) is 12.5. The average molecular weight is 290 g/mol. The molecule has 0 aliphatic rings. The Labute approximate surface area is 124 Å². The van der Waals surface area contributed by atoms with Gasteiger partial charge in [0.15, 0.2) is 0 Å². The highest BCUT2D eigenvalue weighted by Gasteiger charge is 2.11. The van der Waals surface area contributed by atoms with Gasteiger partial charge in [-0.3, -0.25) is 0 Å². The summed E-state index contributed by atoms with van der Waals surface area (Å²) in [5.74, 6) is -0.548. The first-order valence-corrected chi connectivity index (χ1v) is 6.93. The molecule has 4 heteroatoms. The lowest BCUT2D eigenvalue weighted by Crippen LogP contribution is -2.18. The van der Waals surface area contributed by atoms with E-state index >= 15 is 0 Å². The SMILES string of the molecule is CNC(C)c1ccc(N(C)Cc2cccc(F)c2)c(F)c1. The fourth-order valence-corrected chi connectivity index (χ4v) is 2.26. The van der Waals surface area contributed by atoms with Gasteiger partial charge in [0.1, 0.15) is 11.6 Å². The van der Waals surface area contributed by atoms with Crippen molar-refractivity contribution in [3.05, 3.63) is 65.2 Å². The van der Waals surface area contributed by atoms with E-state index in [0.29, 0.717) is 12.2 Å². The molecule has 0 heterocycles. The monoisotopic (exact) mass is 290 g/mol. The highest BCUT2D eigenvalue weighted by atomic mass is 19.1. The quantitative estimate of drug-likeness (QED) is 0.899. The molecule has 2 rings (SSSR count). The molecule has 2 aromatic rings. The van der Waals surface area contributed by atoms with E-state index in [1.54, 1.807) is 30.1 Å². The van der Waals surface area contributed by atoms with E-state index in [9.17, 15) is 8.78 Å². The molecule has 21 heavy (non-hydrogen) atoms. The Balaban J connectivity index is 2.17. The number of hydrogen-bond acceptors (Lipinski definition) is 2. The van der Waals surface area contributed by atoms with Crippen LogP contribution in [0.2, 0.25) is 0 Å². The number of benzene rings is 2. The van der Waals surface area contributed by atoms with E-state index in [4.69, 9.17) is 0 Å². The molecule has 112 valence electrons. The topological polar surface area (TPSA) is 15.3 Å². The summed E-state index contributed by atoms with van der Waals surface area (Å²) in [6.07, 6.45) is 0. The van der Waals surface area contributed by atoms with Crippen molar-refractivity contribution in [2.24, 2.45) is 0 Å². The molecule has 0 aliphatic carbocycles. The van der Waals surface area contributed by atoms with Crippen molar-refractivity contribution >= 4 is 5.69 Å². The summed E-state index contributed by atoms with van der Waals surface area (Å²) >= 11 is 0. The Morgan fingerprint density at radius 2 is 1.90 bits per heavy atom. The van der Waals surface area contributed by atoms with Crippen LogP contribution in [0.1, 0.15) is 24.1 Å². The first-order chi connectivity index (χ1) is 10.0. The summed E-state index contributed by atoms with van der Waals surface area (Å²) in [7, 11) is 3.64. The second-order valence-corrected chi connectivity index (χ2v) is 5.21. The molecule has 0 aliphatic heterocycles. The highest BCUT2D eigenvalue weighted by Crippen LogP contribution is 2.24. The first kappa shape index (κ1) is 15.4. The van der Waals surface area contributed by atoms with Crippen molar-refractivity contribution in [3.63, 3.8) is 0 Å². The van der Waals surface area contributed by atoms with Crippen molar-refractivity contribution in [1.82, 2.24) is 5.32 Å². The van der Waals surface area contributed by atoms with Gasteiger partial charge in [-0.2, -0.15) is 0 Å². The molecule has 0 bridgehead atoms. The first-order valence-electron chi connectivity index (χ1n) is 6.93. The van der Waals surface area contributed by atoms with Crippen LogP contribution in [0.15, 0.2) is 42.5 Å². The third kappa shape index (κ3) is 3.79. The van der Waals surface area contributed by atoms with E-state index in [0.717, 1.165) is 11.1 Å². The summed E-state index contributed by atoms with van der Waals surface area (Å²) in [5, 5.41) is 3.08. The van der Waals surface area contributed by atoms with Gasteiger partial charge in [0.25, 0.3) is 0 Å². The smallest absolute Gasteiger partial charge is 0.146 e. The Morgan fingerprint density at radius 3 is 2.52 bits per heavy atom. The molecule has 1 atom stereocenters. The zero-order valence-corrected chi connectivity index (χ0v) is 12.5. The van der Waals surface area contributed by atoms with E-state index in [1.807, 2.05) is 26.1 Å². The summed E-state index contributed by atoms with van der Waals surface area (Å²) in [4.78, 5) is 1.78. The predicted octanol–water partition coefficient (Wildman–Crippen LogP) is 3.88. The van der Waals surface area contributed by atoms with Gasteiger partial charge in [0.05, 0.1) is 5.69 Å². The van der Waals surface area contributed by atoms with Crippen molar-refractivity contribution in [2.45, 2.75) is 19.5 Å². The van der Waals surface area contributed by atoms with Gasteiger partial charge >= 0.3 is 0 Å². The minimum atomic E-state index is -0.278. The third-order valence-electron chi connectivity index (χ3n) is 3.62. The van der Waals surface area contributed by atoms with Gasteiger partial charge in [-0.15, -0.1) is 0 Å². The molecule has 0 fully saturated rings. The van der Waals surface area contributed by atoms with E-state index in [2.05, 4.69) is 5.32 Å². The summed E-state index contributed by atoms with van der Waals surface area (Å²) < 4.78 is 27.4. The second-order valence-electron chi connectivity index (χ2n) is 5.21. The van der Waals surface area contributed by atoms with E-state index in [-0.39, 0.29) is 17.7 Å². The summed E-state index contributed by atoms with van der Waals surface area (Å²) in [5.41, 5.74) is 2.22. The Hall–Kier alpha value is -1.94. The molecule has 0 radical (unpaired) electrons. The number of anilines is 1. The van der Waals surface area contributed by atoms with Crippen LogP contribution >= 0.6 is 0 Å². The summed E-state index contributed by atoms with van der Waals surface area (Å²) in [6.45, 7) is 2.43. The van der Waals surface area contributed by atoms with Gasteiger partial charge in [0, 0.05) is 19.6 Å². The molecule has 0 aromatic heterocycles. The minimum Gasteiger partial charge on any atom is -0.368 e. The van der Waals surface area contributed by atoms with Crippen LogP contribution in [-0.4, -0.2) is 14.1 Å². The lowest BCUT2D eigenvalue weighted by Gasteiger charge is -2.21. The maximum Gasteiger partial charge on any atom is 0.146 e. The van der Waals surface area contributed by atoms with Crippen LogP contribution in [-0.2, 0) is 6.54 Å². The van der Waals surface area contributed by atoms with Crippen LogP contribution in [0.3, 0.4) is 0 Å². The average Bonchev–Trinajstić information content (AvgIpc) is 2.46. The number of rotatable bonds is 5. The van der Waals surface area contributed by atoms with Crippen LogP contribution in [0.5, 0.6) is 0 Å². The number of nitrogens with one attached hydrogen (secondary N) is 1. The second kappa shape index (κ2) is 6.68. The Bertz CT molecular complexity index is 613. The van der Waals surface area contributed by atoms with Crippen LogP contribution in [0.4, 0.5) is 14.5 Å². The normalized spacial score (nSPS) is 12.2. The van der Waals surface area contributed by atoms with Crippen molar-refractivity contribution in [3.8, 4) is 0 Å². The predicted molar refractivity (Wildman–Crippen MR) is 82.4 cm³/mol. The van der Waals surface area contributed by atoms with E-state index in [1.165, 1.54) is 12.1 Å². The fraction of sp³-hybridized carbons (Fsp3) is 0.294. The fourth-order valence-electron chi connectivity index (χ4n) is 2.26. The molecule has 0 amide bonds. The lowest BCUT2D eigenvalue weighted by molar-refractivity contribution is 0.604. The summed E-state index contributed by atoms with van der Waals surface area (Å²) in [6, 6.07) is 11.7. The van der Waals surface area contributed by atoms with Gasteiger partial charge in [-0.05, 0) is 49.4 Å². The van der Waals surface area contributed by atoms with Crippen molar-refractivity contribution in [1.29, 1.82) is 0 Å². The molecular formula is C17H20F2N2.